The number of rotatable bonds is 2. The van der Waals surface area contributed by atoms with Gasteiger partial charge in [-0.3, -0.25) is 14.2 Å². The molecule has 3 rings (SSSR count). The number of hydrogen-bond acceptors (Lipinski definition) is 3. The average molecular weight is 279 g/mol. The molecule has 1 aromatic heterocycles. The third-order valence-electron chi connectivity index (χ3n) is 3.11. The first kappa shape index (κ1) is 13.1. The monoisotopic (exact) mass is 279 g/mol. The number of para-hydroxylation sites is 3. The molecule has 0 saturated carbocycles. The van der Waals surface area contributed by atoms with Gasteiger partial charge in [0.15, 0.2) is 0 Å². The summed E-state index contributed by atoms with van der Waals surface area (Å²) in [6.07, 6.45) is 0. The SMILES string of the molecule is CC(=O)n1c(C(=O)Nc2ccccc2)nc2ccccc21. The van der Waals surface area contributed by atoms with E-state index in [0.717, 1.165) is 0 Å². The van der Waals surface area contributed by atoms with Crippen LogP contribution in [0.4, 0.5) is 5.69 Å². The lowest BCUT2D eigenvalue weighted by Gasteiger charge is -2.06. The number of fused-ring (bicyclic) bond motifs is 1. The summed E-state index contributed by atoms with van der Waals surface area (Å²) in [5.74, 6) is -0.568. The molecule has 1 heterocycles. The summed E-state index contributed by atoms with van der Waals surface area (Å²) in [5.41, 5.74) is 1.90. The molecular formula is C16H13N3O2. The number of benzene rings is 2. The third kappa shape index (κ3) is 2.41. The fraction of sp³-hybridized carbons (Fsp3) is 0.0625. The van der Waals surface area contributed by atoms with Gasteiger partial charge in [0.1, 0.15) is 0 Å². The van der Waals surface area contributed by atoms with Crippen LogP contribution in [0.2, 0.25) is 0 Å². The number of imidazole rings is 1. The van der Waals surface area contributed by atoms with Gasteiger partial charge in [-0.15, -0.1) is 0 Å². The van der Waals surface area contributed by atoms with Gasteiger partial charge in [-0.2, -0.15) is 0 Å². The quantitative estimate of drug-likeness (QED) is 0.784. The number of amides is 1. The fourth-order valence-electron chi connectivity index (χ4n) is 2.21. The van der Waals surface area contributed by atoms with Crippen LogP contribution < -0.4 is 5.32 Å². The lowest BCUT2D eigenvalue weighted by atomic mass is 10.3. The van der Waals surface area contributed by atoms with E-state index in [-0.39, 0.29) is 11.7 Å². The van der Waals surface area contributed by atoms with Crippen molar-refractivity contribution in [2.75, 3.05) is 5.32 Å². The number of hydrogen-bond donors (Lipinski definition) is 1. The van der Waals surface area contributed by atoms with Gasteiger partial charge in [0, 0.05) is 12.6 Å². The van der Waals surface area contributed by atoms with E-state index in [1.807, 2.05) is 30.3 Å². The smallest absolute Gasteiger partial charge is 0.292 e. The van der Waals surface area contributed by atoms with E-state index in [1.165, 1.54) is 11.5 Å². The molecule has 0 aliphatic rings. The number of nitrogens with zero attached hydrogens (tertiary/aromatic N) is 2. The first-order chi connectivity index (χ1) is 10.2. The highest BCUT2D eigenvalue weighted by Crippen LogP contribution is 2.17. The van der Waals surface area contributed by atoms with E-state index < -0.39 is 5.91 Å². The van der Waals surface area contributed by atoms with E-state index in [0.29, 0.717) is 16.7 Å². The Morgan fingerprint density at radius 3 is 2.38 bits per heavy atom. The number of anilines is 1. The molecule has 0 saturated heterocycles. The molecule has 1 amide bonds. The fourth-order valence-corrected chi connectivity index (χ4v) is 2.21. The van der Waals surface area contributed by atoms with E-state index in [4.69, 9.17) is 0 Å². The maximum absolute atomic E-state index is 12.4. The third-order valence-corrected chi connectivity index (χ3v) is 3.11. The summed E-state index contributed by atoms with van der Waals surface area (Å²) in [7, 11) is 0. The van der Waals surface area contributed by atoms with Gasteiger partial charge in [-0.05, 0) is 24.3 Å². The number of aromatic nitrogens is 2. The van der Waals surface area contributed by atoms with Gasteiger partial charge in [0.2, 0.25) is 11.7 Å². The van der Waals surface area contributed by atoms with Crippen molar-refractivity contribution in [3.05, 3.63) is 60.4 Å². The highest BCUT2D eigenvalue weighted by molar-refractivity contribution is 6.07. The Labute approximate surface area is 121 Å². The normalized spacial score (nSPS) is 10.5. The molecule has 5 nitrogen and oxygen atoms in total. The second-order valence-corrected chi connectivity index (χ2v) is 4.60. The Morgan fingerprint density at radius 1 is 1.00 bits per heavy atom. The van der Waals surface area contributed by atoms with Gasteiger partial charge in [-0.1, -0.05) is 30.3 Å². The maximum Gasteiger partial charge on any atom is 0.292 e. The summed E-state index contributed by atoms with van der Waals surface area (Å²) < 4.78 is 1.33. The largest absolute Gasteiger partial charge is 0.319 e. The van der Waals surface area contributed by atoms with Crippen molar-refractivity contribution in [1.29, 1.82) is 0 Å². The minimum atomic E-state index is -0.410. The molecule has 104 valence electrons. The minimum Gasteiger partial charge on any atom is -0.319 e. The van der Waals surface area contributed by atoms with Crippen LogP contribution in [-0.2, 0) is 0 Å². The molecule has 0 aliphatic carbocycles. The van der Waals surface area contributed by atoms with Crippen molar-refractivity contribution < 1.29 is 9.59 Å². The molecule has 21 heavy (non-hydrogen) atoms. The summed E-state index contributed by atoms with van der Waals surface area (Å²) in [6.45, 7) is 1.41. The second-order valence-electron chi connectivity index (χ2n) is 4.60. The van der Waals surface area contributed by atoms with Crippen LogP contribution in [0.15, 0.2) is 54.6 Å². The van der Waals surface area contributed by atoms with Crippen molar-refractivity contribution >= 4 is 28.5 Å². The number of nitrogens with one attached hydrogen (secondary N) is 1. The van der Waals surface area contributed by atoms with Gasteiger partial charge in [0.25, 0.3) is 5.91 Å². The Morgan fingerprint density at radius 2 is 1.67 bits per heavy atom. The van der Waals surface area contributed by atoms with Crippen molar-refractivity contribution in [2.45, 2.75) is 6.92 Å². The molecule has 1 N–H and O–H groups in total. The second kappa shape index (κ2) is 5.20. The van der Waals surface area contributed by atoms with Crippen LogP contribution in [0, 0.1) is 0 Å². The first-order valence-corrected chi connectivity index (χ1v) is 6.51. The Bertz CT molecular complexity index is 822. The summed E-state index contributed by atoms with van der Waals surface area (Å²) in [4.78, 5) is 28.5. The van der Waals surface area contributed by atoms with Crippen LogP contribution in [-0.4, -0.2) is 21.4 Å². The van der Waals surface area contributed by atoms with E-state index in [9.17, 15) is 9.59 Å². The predicted octanol–water partition coefficient (Wildman–Crippen LogP) is 2.95. The Kier molecular flexibility index (Phi) is 3.23. The lowest BCUT2D eigenvalue weighted by Crippen LogP contribution is -2.20. The molecule has 0 bridgehead atoms. The number of carbonyl (C=O) groups is 2. The average Bonchev–Trinajstić information content (AvgIpc) is 2.88. The molecule has 0 spiro atoms. The Hall–Kier alpha value is -2.95. The highest BCUT2D eigenvalue weighted by atomic mass is 16.2. The van der Waals surface area contributed by atoms with Gasteiger partial charge in [-0.25, -0.2) is 4.98 Å². The van der Waals surface area contributed by atoms with Crippen molar-refractivity contribution in [1.82, 2.24) is 9.55 Å². The molecule has 0 atom stereocenters. The van der Waals surface area contributed by atoms with Gasteiger partial charge < -0.3 is 5.32 Å². The zero-order chi connectivity index (χ0) is 14.8. The molecule has 3 aromatic rings. The summed E-state index contributed by atoms with van der Waals surface area (Å²) in [6, 6.07) is 16.2. The van der Waals surface area contributed by atoms with Gasteiger partial charge in [0.05, 0.1) is 11.0 Å². The van der Waals surface area contributed by atoms with Crippen molar-refractivity contribution in [3.63, 3.8) is 0 Å². The summed E-state index contributed by atoms with van der Waals surface area (Å²) >= 11 is 0. The zero-order valence-electron chi connectivity index (χ0n) is 11.4. The molecule has 2 aromatic carbocycles. The van der Waals surface area contributed by atoms with E-state index in [2.05, 4.69) is 10.3 Å². The molecule has 0 unspecified atom stereocenters. The standard InChI is InChI=1S/C16H13N3O2/c1-11(20)19-14-10-6-5-9-13(14)18-15(19)16(21)17-12-7-3-2-4-8-12/h2-10H,1H3,(H,17,21). The summed E-state index contributed by atoms with van der Waals surface area (Å²) in [5, 5.41) is 2.74. The van der Waals surface area contributed by atoms with Crippen molar-refractivity contribution in [3.8, 4) is 0 Å². The molecule has 0 radical (unpaired) electrons. The topological polar surface area (TPSA) is 64.0 Å². The van der Waals surface area contributed by atoms with Crippen molar-refractivity contribution in [2.24, 2.45) is 0 Å². The molecule has 5 heteroatoms. The Balaban J connectivity index is 2.05. The highest BCUT2D eigenvalue weighted by Gasteiger charge is 2.19. The minimum absolute atomic E-state index is 0.0903. The molecule has 0 aliphatic heterocycles. The lowest BCUT2D eigenvalue weighted by molar-refractivity contribution is 0.0913. The van der Waals surface area contributed by atoms with Crippen LogP contribution in [0.3, 0.4) is 0 Å². The van der Waals surface area contributed by atoms with Crippen LogP contribution in [0.25, 0.3) is 11.0 Å². The van der Waals surface area contributed by atoms with Crippen LogP contribution >= 0.6 is 0 Å². The molecule has 0 fully saturated rings. The zero-order valence-corrected chi connectivity index (χ0v) is 11.4. The predicted molar refractivity (Wildman–Crippen MR) is 80.4 cm³/mol. The number of carbonyl (C=O) groups excluding carboxylic acids is 2. The molecular weight excluding hydrogens is 266 g/mol. The van der Waals surface area contributed by atoms with E-state index >= 15 is 0 Å². The van der Waals surface area contributed by atoms with E-state index in [1.54, 1.807) is 24.3 Å². The maximum atomic E-state index is 12.4. The van der Waals surface area contributed by atoms with Crippen LogP contribution in [0.1, 0.15) is 22.3 Å². The first-order valence-electron chi connectivity index (χ1n) is 6.51. The van der Waals surface area contributed by atoms with Gasteiger partial charge >= 0.3 is 0 Å². The van der Waals surface area contributed by atoms with Crippen LogP contribution in [0.5, 0.6) is 0 Å².